The number of unbranched alkanes of at least 4 members (excludes halogenated alkanes) is 1. The van der Waals surface area contributed by atoms with Crippen molar-refractivity contribution in [1.82, 2.24) is 0 Å². The second kappa shape index (κ2) is 4.67. The fourth-order valence-corrected chi connectivity index (χ4v) is 0.883. The Bertz CT molecular complexity index is 33.2. The van der Waals surface area contributed by atoms with E-state index in [1.54, 1.807) is 0 Å². The molecule has 0 spiro atoms. The molecule has 0 aliphatic carbocycles. The third kappa shape index (κ3) is 6.52. The fourth-order valence-electron chi connectivity index (χ4n) is 0.500. The molecule has 0 saturated carbocycles. The van der Waals surface area contributed by atoms with E-state index in [4.69, 9.17) is 0 Å². The molecule has 7 heavy (non-hydrogen) atoms. The fraction of sp³-hybridized carbons (Fsp3) is 1.00. The first kappa shape index (κ1) is 7.52. The van der Waals surface area contributed by atoms with Gasteiger partial charge in [0.2, 0.25) is 0 Å². The van der Waals surface area contributed by atoms with Gasteiger partial charge >= 0.3 is 53.9 Å². The average molecular weight is 165 g/mol. The summed E-state index contributed by atoms with van der Waals surface area (Å²) in [4.78, 5) is 0.840. The van der Waals surface area contributed by atoms with Gasteiger partial charge in [-0.25, -0.2) is 0 Å². The van der Waals surface area contributed by atoms with Crippen LogP contribution in [0, 0.1) is 0 Å². The molecule has 0 aliphatic heterocycles. The maximum atomic E-state index is 2.67. The van der Waals surface area contributed by atoms with Crippen LogP contribution in [-0.2, 0) is 0 Å². The Morgan fingerprint density at radius 3 is 2.29 bits per heavy atom. The Labute approximate surface area is 54.5 Å². The normalized spacial score (nSPS) is 14.1. The summed E-state index contributed by atoms with van der Waals surface area (Å²) in [5.41, 5.74) is 0. The van der Waals surface area contributed by atoms with Gasteiger partial charge in [0, 0.05) is 0 Å². The van der Waals surface area contributed by atoms with Gasteiger partial charge in [0.15, 0.2) is 0 Å². The third-order valence-corrected chi connectivity index (χ3v) is 1.52. The SMILES string of the molecule is CCCCC(C)[SeH]. The minimum absolute atomic E-state index is 0.840. The summed E-state index contributed by atoms with van der Waals surface area (Å²) in [7, 11) is 0. The molecule has 1 atom stereocenters. The van der Waals surface area contributed by atoms with Gasteiger partial charge in [-0.05, 0) is 0 Å². The van der Waals surface area contributed by atoms with Crippen molar-refractivity contribution in [3.63, 3.8) is 0 Å². The van der Waals surface area contributed by atoms with Crippen LogP contribution in [0.25, 0.3) is 0 Å². The molecule has 0 aromatic heterocycles. The molecule has 0 N–H and O–H groups in total. The van der Waals surface area contributed by atoms with Crippen LogP contribution in [0.15, 0.2) is 0 Å². The molecule has 0 fully saturated rings. The van der Waals surface area contributed by atoms with Crippen molar-refractivity contribution in [2.45, 2.75) is 37.9 Å². The van der Waals surface area contributed by atoms with Crippen molar-refractivity contribution in [1.29, 1.82) is 0 Å². The van der Waals surface area contributed by atoms with Gasteiger partial charge in [-0.1, -0.05) is 0 Å². The molecule has 0 saturated heterocycles. The van der Waals surface area contributed by atoms with Crippen molar-refractivity contribution in [3.8, 4) is 0 Å². The van der Waals surface area contributed by atoms with Gasteiger partial charge < -0.3 is 0 Å². The monoisotopic (exact) mass is 166 g/mol. The van der Waals surface area contributed by atoms with Crippen LogP contribution in [0.5, 0.6) is 0 Å². The van der Waals surface area contributed by atoms with E-state index in [0.29, 0.717) is 0 Å². The topological polar surface area (TPSA) is 0 Å². The number of hydrogen-bond acceptors (Lipinski definition) is 0. The molecular weight excluding hydrogens is 151 g/mol. The van der Waals surface area contributed by atoms with E-state index in [1.165, 1.54) is 19.3 Å². The van der Waals surface area contributed by atoms with Crippen LogP contribution in [0.3, 0.4) is 0 Å². The molecule has 0 rings (SSSR count). The Kier molecular flexibility index (Phi) is 5.02. The average Bonchev–Trinajstić information content (AvgIpc) is 1.61. The van der Waals surface area contributed by atoms with Crippen molar-refractivity contribution in [3.05, 3.63) is 0 Å². The Balaban J connectivity index is 2.68. The van der Waals surface area contributed by atoms with E-state index in [1.807, 2.05) is 0 Å². The molecule has 1 unspecified atom stereocenters. The third-order valence-electron chi connectivity index (χ3n) is 0.975. The molecule has 0 amide bonds. The van der Waals surface area contributed by atoms with Gasteiger partial charge in [0.25, 0.3) is 0 Å². The Hall–Kier alpha value is 0.519. The molecule has 1 heteroatoms. The Morgan fingerprint density at radius 1 is 1.57 bits per heavy atom. The molecule has 44 valence electrons. The molecular formula is C6H14Se. The van der Waals surface area contributed by atoms with Gasteiger partial charge in [-0.15, -0.1) is 0 Å². The van der Waals surface area contributed by atoms with Crippen molar-refractivity contribution in [2.75, 3.05) is 0 Å². The molecule has 0 aromatic carbocycles. The number of rotatable bonds is 3. The summed E-state index contributed by atoms with van der Waals surface area (Å²) in [6, 6.07) is 0. The van der Waals surface area contributed by atoms with Gasteiger partial charge in [0.05, 0.1) is 0 Å². The molecule has 0 radical (unpaired) electrons. The van der Waals surface area contributed by atoms with E-state index in [-0.39, 0.29) is 0 Å². The summed E-state index contributed by atoms with van der Waals surface area (Å²) in [5, 5.41) is 0. The van der Waals surface area contributed by atoms with E-state index in [2.05, 4.69) is 29.9 Å². The Morgan fingerprint density at radius 2 is 2.14 bits per heavy atom. The quantitative estimate of drug-likeness (QED) is 0.560. The summed E-state index contributed by atoms with van der Waals surface area (Å²) in [5.74, 6) is 0. The zero-order chi connectivity index (χ0) is 5.70. The summed E-state index contributed by atoms with van der Waals surface area (Å²) >= 11 is 2.67. The first-order chi connectivity index (χ1) is 3.27. The first-order valence-electron chi connectivity index (χ1n) is 2.95. The van der Waals surface area contributed by atoms with Crippen LogP contribution >= 0.6 is 0 Å². The first-order valence-corrected chi connectivity index (χ1v) is 4.03. The zero-order valence-corrected chi connectivity index (χ0v) is 7.02. The minimum atomic E-state index is 0.840. The standard InChI is InChI=1S/C6H14Se/c1-3-4-5-6(2)7/h6-7H,3-5H2,1-2H3. The predicted molar refractivity (Wildman–Crippen MR) is 36.1 cm³/mol. The molecule has 0 bridgehead atoms. The van der Waals surface area contributed by atoms with Crippen molar-refractivity contribution in [2.24, 2.45) is 0 Å². The summed E-state index contributed by atoms with van der Waals surface area (Å²) < 4.78 is 0. The van der Waals surface area contributed by atoms with E-state index in [9.17, 15) is 0 Å². The molecule has 0 aromatic rings. The summed E-state index contributed by atoms with van der Waals surface area (Å²) in [6.45, 7) is 4.48. The molecule has 0 nitrogen and oxygen atoms in total. The van der Waals surface area contributed by atoms with E-state index >= 15 is 0 Å². The second-order valence-electron chi connectivity index (χ2n) is 1.99. The van der Waals surface area contributed by atoms with Crippen LogP contribution in [0.2, 0.25) is 4.82 Å². The van der Waals surface area contributed by atoms with Gasteiger partial charge in [-0.3, -0.25) is 0 Å². The van der Waals surface area contributed by atoms with Crippen LogP contribution in [0.1, 0.15) is 33.1 Å². The van der Waals surface area contributed by atoms with Crippen molar-refractivity contribution >= 4 is 16.0 Å². The van der Waals surface area contributed by atoms with E-state index < -0.39 is 0 Å². The van der Waals surface area contributed by atoms with Crippen LogP contribution in [0.4, 0.5) is 0 Å². The zero-order valence-electron chi connectivity index (χ0n) is 5.15. The van der Waals surface area contributed by atoms with E-state index in [0.717, 1.165) is 4.82 Å². The van der Waals surface area contributed by atoms with Gasteiger partial charge in [0.1, 0.15) is 0 Å². The maximum absolute atomic E-state index is 2.67. The molecule has 0 aliphatic rings. The predicted octanol–water partition coefficient (Wildman–Crippen LogP) is 1.89. The summed E-state index contributed by atoms with van der Waals surface area (Å²) in [6.07, 6.45) is 4.09. The van der Waals surface area contributed by atoms with Gasteiger partial charge in [-0.2, -0.15) is 0 Å². The van der Waals surface area contributed by atoms with Crippen molar-refractivity contribution < 1.29 is 0 Å². The molecule has 0 heterocycles. The van der Waals surface area contributed by atoms with Crippen LogP contribution < -0.4 is 0 Å². The van der Waals surface area contributed by atoms with Crippen LogP contribution in [-0.4, -0.2) is 16.0 Å². The second-order valence-corrected chi connectivity index (χ2v) is 3.84. The number of hydrogen-bond donors (Lipinski definition) is 0.